The molecule has 3 nitrogen and oxygen atoms in total. The number of hydrogen-bond donors (Lipinski definition) is 1. The summed E-state index contributed by atoms with van der Waals surface area (Å²) in [6.45, 7) is 0.136. The Hall–Kier alpha value is -1.56. The van der Waals surface area contributed by atoms with E-state index in [1.807, 2.05) is 0 Å². The van der Waals surface area contributed by atoms with Crippen LogP contribution in [0.1, 0.15) is 5.56 Å². The zero-order valence-electron chi connectivity index (χ0n) is 9.24. The van der Waals surface area contributed by atoms with Crippen molar-refractivity contribution >= 4 is 23.1 Å². The van der Waals surface area contributed by atoms with Crippen molar-refractivity contribution in [1.82, 2.24) is 4.90 Å². The average molecular weight is 258 g/mol. The van der Waals surface area contributed by atoms with Crippen molar-refractivity contribution in [3.8, 4) is 0 Å². The van der Waals surface area contributed by atoms with Crippen molar-refractivity contribution in [1.29, 1.82) is 0 Å². The van der Waals surface area contributed by atoms with Gasteiger partial charge in [0, 0.05) is 13.1 Å². The van der Waals surface area contributed by atoms with Crippen LogP contribution in [0, 0.1) is 11.6 Å². The number of nitrogens with two attached hydrogens (primary N) is 1. The zero-order valence-corrected chi connectivity index (χ0v) is 10.1. The molecule has 0 radical (unpaired) electrons. The summed E-state index contributed by atoms with van der Waals surface area (Å²) >= 11 is 4.66. The van der Waals surface area contributed by atoms with Crippen LogP contribution in [-0.2, 0) is 11.2 Å². The van der Waals surface area contributed by atoms with E-state index in [1.165, 1.54) is 18.0 Å². The van der Waals surface area contributed by atoms with E-state index in [1.54, 1.807) is 0 Å². The van der Waals surface area contributed by atoms with Gasteiger partial charge in [0.05, 0.1) is 18.0 Å². The summed E-state index contributed by atoms with van der Waals surface area (Å²) in [4.78, 5) is 13.1. The Bertz CT molecular complexity index is 451. The van der Waals surface area contributed by atoms with Crippen LogP contribution < -0.4 is 5.73 Å². The fourth-order valence-electron chi connectivity index (χ4n) is 1.28. The van der Waals surface area contributed by atoms with Gasteiger partial charge in [-0.3, -0.25) is 4.79 Å². The number of hydrogen-bond acceptors (Lipinski definition) is 2. The zero-order chi connectivity index (χ0) is 13.0. The molecular weight excluding hydrogens is 246 g/mol. The summed E-state index contributed by atoms with van der Waals surface area (Å²) < 4.78 is 25.9. The van der Waals surface area contributed by atoms with Crippen LogP contribution in [-0.4, -0.2) is 29.4 Å². The minimum Gasteiger partial charge on any atom is -0.392 e. The highest BCUT2D eigenvalue weighted by Crippen LogP contribution is 2.11. The predicted molar refractivity (Wildman–Crippen MR) is 64.5 cm³/mol. The molecule has 1 aromatic rings. The van der Waals surface area contributed by atoms with E-state index >= 15 is 0 Å². The van der Waals surface area contributed by atoms with Gasteiger partial charge in [0.1, 0.15) is 11.6 Å². The molecule has 6 heteroatoms. The second kappa shape index (κ2) is 5.67. The van der Waals surface area contributed by atoms with E-state index in [9.17, 15) is 13.6 Å². The highest BCUT2D eigenvalue weighted by Gasteiger charge is 2.13. The summed E-state index contributed by atoms with van der Waals surface area (Å²) in [5.74, 6) is -1.74. The number of halogens is 2. The summed E-state index contributed by atoms with van der Waals surface area (Å²) in [5.41, 5.74) is 5.43. The quantitative estimate of drug-likeness (QED) is 0.827. The van der Waals surface area contributed by atoms with Crippen LogP contribution in [0.3, 0.4) is 0 Å². The smallest absolute Gasteiger partial charge is 0.227 e. The molecule has 1 rings (SSSR count). The normalized spacial score (nSPS) is 10.1. The number of nitrogens with zero attached hydrogens (tertiary/aromatic N) is 1. The average Bonchev–Trinajstić information content (AvgIpc) is 2.21. The Balaban J connectivity index is 2.71. The van der Waals surface area contributed by atoms with Gasteiger partial charge in [-0.1, -0.05) is 18.3 Å². The van der Waals surface area contributed by atoms with Crippen LogP contribution in [0.4, 0.5) is 8.78 Å². The molecule has 0 aliphatic rings. The third-order valence-electron chi connectivity index (χ3n) is 2.18. The van der Waals surface area contributed by atoms with Crippen molar-refractivity contribution < 1.29 is 13.6 Å². The second-order valence-electron chi connectivity index (χ2n) is 3.63. The first-order valence-electron chi connectivity index (χ1n) is 4.86. The lowest BCUT2D eigenvalue weighted by Crippen LogP contribution is -2.35. The number of amides is 1. The highest BCUT2D eigenvalue weighted by atomic mass is 32.1. The summed E-state index contributed by atoms with van der Waals surface area (Å²) in [7, 11) is 1.52. The number of likely N-dealkylation sites (N-methyl/N-ethyl adjacent to an activating group) is 1. The molecule has 0 spiro atoms. The molecule has 92 valence electrons. The van der Waals surface area contributed by atoms with Crippen molar-refractivity contribution in [3.05, 3.63) is 35.4 Å². The van der Waals surface area contributed by atoms with E-state index in [-0.39, 0.29) is 29.4 Å². The van der Waals surface area contributed by atoms with E-state index in [2.05, 4.69) is 12.2 Å². The monoisotopic (exact) mass is 258 g/mol. The largest absolute Gasteiger partial charge is 0.392 e. The molecule has 2 N–H and O–H groups in total. The van der Waals surface area contributed by atoms with Gasteiger partial charge in [0.25, 0.3) is 0 Å². The molecule has 0 heterocycles. The number of benzene rings is 1. The van der Waals surface area contributed by atoms with E-state index < -0.39 is 11.6 Å². The van der Waals surface area contributed by atoms with Crippen LogP contribution in [0.25, 0.3) is 0 Å². The van der Waals surface area contributed by atoms with Gasteiger partial charge in [-0.2, -0.15) is 0 Å². The number of carbonyl (C=O) groups excluding carboxylic acids is 1. The SMILES string of the molecule is CN(CC(N)=S)C(=O)Cc1ccc(F)cc1F. The Morgan fingerprint density at radius 1 is 1.47 bits per heavy atom. The lowest BCUT2D eigenvalue weighted by molar-refractivity contribution is -0.128. The third kappa shape index (κ3) is 4.07. The fraction of sp³-hybridized carbons (Fsp3) is 0.273. The van der Waals surface area contributed by atoms with E-state index in [0.717, 1.165) is 12.1 Å². The predicted octanol–water partition coefficient (Wildman–Crippen LogP) is 1.25. The van der Waals surface area contributed by atoms with Crippen molar-refractivity contribution in [2.75, 3.05) is 13.6 Å². The van der Waals surface area contributed by atoms with Gasteiger partial charge < -0.3 is 10.6 Å². The first-order chi connectivity index (χ1) is 7.90. The Labute approximate surface area is 103 Å². The third-order valence-corrected chi connectivity index (χ3v) is 2.30. The number of thiocarbonyl (C=S) groups is 1. The molecule has 0 atom stereocenters. The van der Waals surface area contributed by atoms with Gasteiger partial charge >= 0.3 is 0 Å². The topological polar surface area (TPSA) is 46.3 Å². The molecule has 17 heavy (non-hydrogen) atoms. The van der Waals surface area contributed by atoms with Gasteiger partial charge in [0.15, 0.2) is 0 Å². The molecule has 0 aromatic heterocycles. The maximum absolute atomic E-state index is 13.3. The van der Waals surface area contributed by atoms with Gasteiger partial charge in [-0.15, -0.1) is 0 Å². The molecule has 0 aliphatic heterocycles. The summed E-state index contributed by atoms with van der Waals surface area (Å²) in [5, 5.41) is 0. The molecule has 0 saturated heterocycles. The van der Waals surface area contributed by atoms with Crippen molar-refractivity contribution in [2.24, 2.45) is 5.73 Å². The lowest BCUT2D eigenvalue weighted by Gasteiger charge is -2.16. The molecule has 0 saturated carbocycles. The van der Waals surface area contributed by atoms with Crippen molar-refractivity contribution in [3.63, 3.8) is 0 Å². The molecule has 0 unspecified atom stereocenters. The molecule has 1 amide bonds. The first kappa shape index (κ1) is 13.5. The maximum atomic E-state index is 13.3. The van der Waals surface area contributed by atoms with E-state index in [0.29, 0.717) is 0 Å². The summed E-state index contributed by atoms with van der Waals surface area (Å²) in [6.07, 6.45) is -0.148. The minimum absolute atomic E-state index is 0.136. The Morgan fingerprint density at radius 2 is 2.12 bits per heavy atom. The molecule has 1 aromatic carbocycles. The van der Waals surface area contributed by atoms with Gasteiger partial charge in [0.2, 0.25) is 5.91 Å². The molecular formula is C11H12F2N2OS. The Morgan fingerprint density at radius 3 is 2.65 bits per heavy atom. The number of rotatable bonds is 4. The highest BCUT2D eigenvalue weighted by molar-refractivity contribution is 7.80. The Kier molecular flexibility index (Phi) is 4.51. The van der Waals surface area contributed by atoms with E-state index in [4.69, 9.17) is 5.73 Å². The van der Waals surface area contributed by atoms with Crippen LogP contribution in [0.15, 0.2) is 18.2 Å². The summed E-state index contributed by atoms with van der Waals surface area (Å²) in [6, 6.07) is 3.10. The van der Waals surface area contributed by atoms with Crippen LogP contribution in [0.5, 0.6) is 0 Å². The minimum atomic E-state index is -0.734. The number of carbonyl (C=O) groups is 1. The van der Waals surface area contributed by atoms with Gasteiger partial charge in [-0.25, -0.2) is 8.78 Å². The first-order valence-corrected chi connectivity index (χ1v) is 5.27. The molecule has 0 fully saturated rings. The standard InChI is InChI=1S/C11H12F2N2OS/c1-15(6-10(14)17)11(16)4-7-2-3-8(12)5-9(7)13/h2-3,5H,4,6H2,1H3,(H2,14,17). The fourth-order valence-corrected chi connectivity index (χ4v) is 1.48. The van der Waals surface area contributed by atoms with Crippen LogP contribution >= 0.6 is 12.2 Å². The maximum Gasteiger partial charge on any atom is 0.227 e. The van der Waals surface area contributed by atoms with Crippen LogP contribution in [0.2, 0.25) is 0 Å². The van der Waals surface area contributed by atoms with Gasteiger partial charge in [-0.05, 0) is 11.6 Å². The lowest BCUT2D eigenvalue weighted by atomic mass is 10.1. The molecule has 0 bridgehead atoms. The second-order valence-corrected chi connectivity index (χ2v) is 4.15. The molecule has 0 aliphatic carbocycles. The van der Waals surface area contributed by atoms with Crippen molar-refractivity contribution in [2.45, 2.75) is 6.42 Å².